The SMILES string of the molecule is CNC(Cc1cccc(Cl)c1F)C(OC)OC. The Morgan fingerprint density at radius 2 is 2.00 bits per heavy atom. The standard InChI is InChI=1S/C12H17ClFNO2/c1-15-10(12(16-2)17-3)7-8-5-4-6-9(13)11(8)14/h4-6,10,12,15H,7H2,1-3H3. The fourth-order valence-electron chi connectivity index (χ4n) is 1.70. The van der Waals surface area contributed by atoms with E-state index in [1.165, 1.54) is 6.07 Å². The Hall–Kier alpha value is -0.680. The fraction of sp³-hybridized carbons (Fsp3) is 0.500. The number of rotatable bonds is 6. The molecule has 1 rings (SSSR count). The first-order valence-electron chi connectivity index (χ1n) is 5.29. The first-order chi connectivity index (χ1) is 8.13. The zero-order valence-electron chi connectivity index (χ0n) is 10.2. The maximum absolute atomic E-state index is 13.7. The zero-order chi connectivity index (χ0) is 12.8. The van der Waals surface area contributed by atoms with Gasteiger partial charge in [-0.2, -0.15) is 0 Å². The van der Waals surface area contributed by atoms with Gasteiger partial charge in [-0.15, -0.1) is 0 Å². The third-order valence-corrected chi connectivity index (χ3v) is 2.93. The Balaban J connectivity index is 2.83. The lowest BCUT2D eigenvalue weighted by Gasteiger charge is -2.24. The number of ether oxygens (including phenoxy) is 2. The lowest BCUT2D eigenvalue weighted by Crippen LogP contribution is -2.41. The summed E-state index contributed by atoms with van der Waals surface area (Å²) in [6.07, 6.45) is 0.00767. The van der Waals surface area contributed by atoms with Gasteiger partial charge in [-0.3, -0.25) is 0 Å². The van der Waals surface area contributed by atoms with Crippen LogP contribution in [-0.4, -0.2) is 33.6 Å². The molecule has 17 heavy (non-hydrogen) atoms. The van der Waals surface area contributed by atoms with E-state index >= 15 is 0 Å². The molecule has 0 fully saturated rings. The van der Waals surface area contributed by atoms with Gasteiger partial charge in [0.15, 0.2) is 6.29 Å². The van der Waals surface area contributed by atoms with Crippen molar-refractivity contribution >= 4 is 11.6 Å². The largest absolute Gasteiger partial charge is 0.354 e. The quantitative estimate of drug-likeness (QED) is 0.797. The first-order valence-corrected chi connectivity index (χ1v) is 5.67. The maximum Gasteiger partial charge on any atom is 0.172 e. The van der Waals surface area contributed by atoms with Crippen molar-refractivity contribution < 1.29 is 13.9 Å². The van der Waals surface area contributed by atoms with Crippen molar-refractivity contribution in [1.29, 1.82) is 0 Å². The van der Waals surface area contributed by atoms with Crippen LogP contribution in [0.15, 0.2) is 18.2 Å². The minimum atomic E-state index is -0.432. The molecule has 0 aromatic heterocycles. The van der Waals surface area contributed by atoms with E-state index in [4.69, 9.17) is 21.1 Å². The molecular formula is C12H17ClFNO2. The highest BCUT2D eigenvalue weighted by Gasteiger charge is 2.21. The molecule has 3 nitrogen and oxygen atoms in total. The molecule has 0 radical (unpaired) electrons. The molecule has 1 N–H and O–H groups in total. The smallest absolute Gasteiger partial charge is 0.172 e. The van der Waals surface area contributed by atoms with Crippen LogP contribution in [-0.2, 0) is 15.9 Å². The summed E-state index contributed by atoms with van der Waals surface area (Å²) in [5.41, 5.74) is 0.538. The van der Waals surface area contributed by atoms with Crippen LogP contribution < -0.4 is 5.32 Å². The Morgan fingerprint density at radius 3 is 2.53 bits per heavy atom. The van der Waals surface area contributed by atoms with Crippen LogP contribution in [0.1, 0.15) is 5.56 Å². The van der Waals surface area contributed by atoms with Crippen LogP contribution in [0.4, 0.5) is 4.39 Å². The Kier molecular flexibility index (Phi) is 5.85. The number of hydrogen-bond donors (Lipinski definition) is 1. The summed E-state index contributed by atoms with van der Waals surface area (Å²) < 4.78 is 24.0. The van der Waals surface area contributed by atoms with Gasteiger partial charge in [0, 0.05) is 14.2 Å². The molecule has 1 atom stereocenters. The molecule has 0 saturated carbocycles. The summed E-state index contributed by atoms with van der Waals surface area (Å²) in [5.74, 6) is -0.389. The molecule has 0 saturated heterocycles. The minimum absolute atomic E-state index is 0.128. The van der Waals surface area contributed by atoms with Crippen LogP contribution in [0.2, 0.25) is 5.02 Å². The lowest BCUT2D eigenvalue weighted by atomic mass is 10.0. The van der Waals surface area contributed by atoms with Crippen LogP contribution in [0, 0.1) is 5.82 Å². The molecule has 5 heteroatoms. The molecule has 1 aromatic rings. The minimum Gasteiger partial charge on any atom is -0.354 e. The van der Waals surface area contributed by atoms with E-state index in [1.807, 2.05) is 0 Å². The summed E-state index contributed by atoms with van der Waals surface area (Å²) >= 11 is 5.73. The van der Waals surface area contributed by atoms with E-state index in [9.17, 15) is 4.39 Å². The molecule has 0 bridgehead atoms. The molecule has 0 amide bonds. The molecule has 0 aliphatic carbocycles. The number of nitrogens with one attached hydrogen (secondary N) is 1. The van der Waals surface area contributed by atoms with Gasteiger partial charge in [-0.25, -0.2) is 4.39 Å². The topological polar surface area (TPSA) is 30.5 Å². The van der Waals surface area contributed by atoms with E-state index in [-0.39, 0.29) is 16.9 Å². The average Bonchev–Trinajstić information content (AvgIpc) is 2.34. The number of hydrogen-bond acceptors (Lipinski definition) is 3. The average molecular weight is 262 g/mol. The predicted octanol–water partition coefficient (Wildman–Crippen LogP) is 2.23. The third-order valence-electron chi connectivity index (χ3n) is 2.64. The van der Waals surface area contributed by atoms with Gasteiger partial charge in [0.2, 0.25) is 0 Å². The fourth-order valence-corrected chi connectivity index (χ4v) is 1.90. The highest BCUT2D eigenvalue weighted by atomic mass is 35.5. The van der Waals surface area contributed by atoms with Crippen LogP contribution >= 0.6 is 11.6 Å². The van der Waals surface area contributed by atoms with Gasteiger partial charge in [0.1, 0.15) is 5.82 Å². The van der Waals surface area contributed by atoms with Gasteiger partial charge in [-0.05, 0) is 25.1 Å². The molecule has 0 spiro atoms. The second kappa shape index (κ2) is 6.91. The molecule has 1 aromatic carbocycles. The summed E-state index contributed by atoms with van der Waals surface area (Å²) in [7, 11) is 4.87. The van der Waals surface area contributed by atoms with Crippen molar-refractivity contribution in [1.82, 2.24) is 5.32 Å². The second-order valence-electron chi connectivity index (χ2n) is 3.65. The van der Waals surface area contributed by atoms with E-state index in [1.54, 1.807) is 33.4 Å². The molecule has 0 aliphatic rings. The normalized spacial score (nSPS) is 13.1. The Bertz CT molecular complexity index is 358. The maximum atomic E-state index is 13.7. The van der Waals surface area contributed by atoms with Crippen molar-refractivity contribution in [2.24, 2.45) is 0 Å². The van der Waals surface area contributed by atoms with Crippen LogP contribution in [0.3, 0.4) is 0 Å². The van der Waals surface area contributed by atoms with E-state index in [2.05, 4.69) is 5.32 Å². The van der Waals surface area contributed by atoms with E-state index in [0.29, 0.717) is 12.0 Å². The Labute approximate surface area is 106 Å². The van der Waals surface area contributed by atoms with Crippen LogP contribution in [0.5, 0.6) is 0 Å². The summed E-state index contributed by atoms with van der Waals surface area (Å²) in [6, 6.07) is 4.81. The third kappa shape index (κ3) is 3.64. The van der Waals surface area contributed by atoms with Gasteiger partial charge < -0.3 is 14.8 Å². The molecule has 0 aliphatic heterocycles. The van der Waals surface area contributed by atoms with Crippen molar-refractivity contribution in [3.05, 3.63) is 34.6 Å². The van der Waals surface area contributed by atoms with Gasteiger partial charge in [0.25, 0.3) is 0 Å². The van der Waals surface area contributed by atoms with Gasteiger partial charge in [-0.1, -0.05) is 23.7 Å². The number of benzene rings is 1. The summed E-state index contributed by atoms with van der Waals surface area (Å²) in [4.78, 5) is 0. The molecule has 1 unspecified atom stereocenters. The lowest BCUT2D eigenvalue weighted by molar-refractivity contribution is -0.121. The highest BCUT2D eigenvalue weighted by Crippen LogP contribution is 2.20. The van der Waals surface area contributed by atoms with E-state index in [0.717, 1.165) is 0 Å². The van der Waals surface area contributed by atoms with Crippen LogP contribution in [0.25, 0.3) is 0 Å². The van der Waals surface area contributed by atoms with Crippen molar-refractivity contribution in [3.8, 4) is 0 Å². The predicted molar refractivity (Wildman–Crippen MR) is 65.8 cm³/mol. The van der Waals surface area contributed by atoms with Crippen molar-refractivity contribution in [2.45, 2.75) is 18.8 Å². The number of likely N-dealkylation sites (N-methyl/N-ethyl adjacent to an activating group) is 1. The van der Waals surface area contributed by atoms with Gasteiger partial charge >= 0.3 is 0 Å². The highest BCUT2D eigenvalue weighted by molar-refractivity contribution is 6.30. The number of halogens is 2. The first kappa shape index (κ1) is 14.4. The van der Waals surface area contributed by atoms with Crippen molar-refractivity contribution in [3.63, 3.8) is 0 Å². The summed E-state index contributed by atoms with van der Waals surface area (Å²) in [6.45, 7) is 0. The summed E-state index contributed by atoms with van der Waals surface area (Å²) in [5, 5.41) is 3.17. The monoisotopic (exact) mass is 261 g/mol. The van der Waals surface area contributed by atoms with Crippen molar-refractivity contribution in [2.75, 3.05) is 21.3 Å². The molecule has 96 valence electrons. The number of methoxy groups -OCH3 is 2. The molecule has 0 heterocycles. The second-order valence-corrected chi connectivity index (χ2v) is 4.06. The van der Waals surface area contributed by atoms with E-state index < -0.39 is 6.29 Å². The molecular weight excluding hydrogens is 245 g/mol. The Morgan fingerprint density at radius 1 is 1.35 bits per heavy atom. The van der Waals surface area contributed by atoms with Gasteiger partial charge in [0.05, 0.1) is 11.1 Å². The zero-order valence-corrected chi connectivity index (χ0v) is 10.9.